The first-order chi connectivity index (χ1) is 7.97. The summed E-state index contributed by atoms with van der Waals surface area (Å²) < 4.78 is 13.9. The number of aliphatic hydroxyl groups is 1. The quantitative estimate of drug-likeness (QED) is 0.877. The van der Waals surface area contributed by atoms with Gasteiger partial charge in [-0.1, -0.05) is 6.07 Å². The minimum Gasteiger partial charge on any atom is -0.389 e. The molecule has 0 amide bonds. The average Bonchev–Trinajstić information content (AvgIpc) is 2.28. The Morgan fingerprint density at radius 1 is 1.41 bits per heavy atom. The van der Waals surface area contributed by atoms with E-state index in [4.69, 9.17) is 0 Å². The Kier molecular flexibility index (Phi) is 5.28. The molecule has 96 valence electrons. The van der Waals surface area contributed by atoms with Crippen molar-refractivity contribution in [2.45, 2.75) is 26.0 Å². The lowest BCUT2D eigenvalue weighted by Crippen LogP contribution is -2.31. The molecule has 0 aliphatic heterocycles. The van der Waals surface area contributed by atoms with Crippen LogP contribution in [0.2, 0.25) is 0 Å². The first kappa shape index (κ1) is 14.3. The van der Waals surface area contributed by atoms with Crippen molar-refractivity contribution in [1.82, 2.24) is 0 Å². The van der Waals surface area contributed by atoms with E-state index < -0.39 is 6.10 Å². The van der Waals surface area contributed by atoms with E-state index >= 15 is 0 Å². The third-order valence-corrected chi connectivity index (χ3v) is 3.72. The molecule has 0 heterocycles. The fraction of sp³-hybridized carbons (Fsp3) is 0.538. The largest absolute Gasteiger partial charge is 0.389 e. The van der Waals surface area contributed by atoms with Crippen LogP contribution < -0.4 is 4.90 Å². The highest BCUT2D eigenvalue weighted by atomic mass is 32.2. The molecule has 1 aromatic rings. The Labute approximate surface area is 107 Å². The molecule has 0 aliphatic rings. The zero-order chi connectivity index (χ0) is 13.0. The van der Waals surface area contributed by atoms with Crippen molar-refractivity contribution in [3.05, 3.63) is 29.6 Å². The molecule has 2 nitrogen and oxygen atoms in total. The lowest BCUT2D eigenvalue weighted by molar-refractivity contribution is 0.199. The molecular formula is C13H20FNOS. The number of anilines is 1. The van der Waals surface area contributed by atoms with E-state index in [0.29, 0.717) is 11.3 Å². The van der Waals surface area contributed by atoms with Crippen LogP contribution in [0.5, 0.6) is 0 Å². The highest BCUT2D eigenvalue weighted by Gasteiger charge is 2.14. The van der Waals surface area contributed by atoms with Gasteiger partial charge in [0.15, 0.2) is 0 Å². The van der Waals surface area contributed by atoms with Crippen LogP contribution in [-0.4, -0.2) is 30.2 Å². The van der Waals surface area contributed by atoms with Gasteiger partial charge < -0.3 is 10.0 Å². The van der Waals surface area contributed by atoms with Gasteiger partial charge in [0, 0.05) is 18.8 Å². The van der Waals surface area contributed by atoms with E-state index in [0.717, 1.165) is 5.75 Å². The molecule has 17 heavy (non-hydrogen) atoms. The van der Waals surface area contributed by atoms with Crippen LogP contribution in [0.4, 0.5) is 10.1 Å². The van der Waals surface area contributed by atoms with Crippen LogP contribution >= 0.6 is 11.8 Å². The SMILES string of the molecule is CSCC(C)N(C)c1ccc(C(C)O)cc1F. The number of hydrogen-bond acceptors (Lipinski definition) is 3. The monoisotopic (exact) mass is 257 g/mol. The van der Waals surface area contributed by atoms with Gasteiger partial charge in [-0.15, -0.1) is 0 Å². The molecule has 0 spiro atoms. The highest BCUT2D eigenvalue weighted by Crippen LogP contribution is 2.24. The Hall–Kier alpha value is -0.740. The summed E-state index contributed by atoms with van der Waals surface area (Å²) in [5, 5.41) is 9.39. The Balaban J connectivity index is 2.91. The molecule has 2 atom stereocenters. The van der Waals surface area contributed by atoms with Crippen molar-refractivity contribution in [2.24, 2.45) is 0 Å². The minimum atomic E-state index is -0.632. The van der Waals surface area contributed by atoms with Crippen molar-refractivity contribution >= 4 is 17.4 Å². The van der Waals surface area contributed by atoms with Gasteiger partial charge in [-0.2, -0.15) is 11.8 Å². The fourth-order valence-corrected chi connectivity index (χ4v) is 2.37. The first-order valence-electron chi connectivity index (χ1n) is 5.66. The number of benzene rings is 1. The van der Waals surface area contributed by atoms with Crippen LogP contribution in [0.3, 0.4) is 0 Å². The van der Waals surface area contributed by atoms with Gasteiger partial charge in [0.1, 0.15) is 5.82 Å². The highest BCUT2D eigenvalue weighted by molar-refractivity contribution is 7.98. The molecule has 0 saturated carbocycles. The minimum absolute atomic E-state index is 0.275. The van der Waals surface area contributed by atoms with Gasteiger partial charge in [-0.05, 0) is 37.8 Å². The lowest BCUT2D eigenvalue weighted by Gasteiger charge is -2.27. The number of thioether (sulfide) groups is 1. The summed E-state index contributed by atoms with van der Waals surface area (Å²) in [5.41, 5.74) is 1.19. The smallest absolute Gasteiger partial charge is 0.146 e. The van der Waals surface area contributed by atoms with E-state index in [1.165, 1.54) is 6.07 Å². The number of hydrogen-bond donors (Lipinski definition) is 1. The van der Waals surface area contributed by atoms with Crippen LogP contribution in [0.15, 0.2) is 18.2 Å². The molecule has 0 saturated heterocycles. The molecule has 1 aromatic carbocycles. The molecule has 0 bridgehead atoms. The first-order valence-corrected chi connectivity index (χ1v) is 7.06. The number of nitrogens with zero attached hydrogens (tertiary/aromatic N) is 1. The maximum absolute atomic E-state index is 13.9. The molecule has 0 aliphatic carbocycles. The number of halogens is 1. The second kappa shape index (κ2) is 6.26. The lowest BCUT2D eigenvalue weighted by atomic mass is 10.1. The molecule has 1 N–H and O–H groups in total. The van der Waals surface area contributed by atoms with E-state index in [1.54, 1.807) is 30.8 Å². The van der Waals surface area contributed by atoms with Crippen LogP contribution in [-0.2, 0) is 0 Å². The average molecular weight is 257 g/mol. The number of aliphatic hydroxyl groups excluding tert-OH is 1. The van der Waals surface area contributed by atoms with Gasteiger partial charge in [0.2, 0.25) is 0 Å². The van der Waals surface area contributed by atoms with Crippen molar-refractivity contribution in [1.29, 1.82) is 0 Å². The van der Waals surface area contributed by atoms with Crippen molar-refractivity contribution in [2.75, 3.05) is 24.0 Å². The second-order valence-corrected chi connectivity index (χ2v) is 5.21. The van der Waals surface area contributed by atoms with E-state index in [2.05, 4.69) is 6.92 Å². The summed E-state index contributed by atoms with van der Waals surface area (Å²) in [5.74, 6) is 0.674. The number of rotatable bonds is 5. The van der Waals surface area contributed by atoms with Crippen molar-refractivity contribution in [3.8, 4) is 0 Å². The summed E-state index contributed by atoms with van der Waals surface area (Å²) >= 11 is 1.74. The van der Waals surface area contributed by atoms with Gasteiger partial charge in [0.05, 0.1) is 11.8 Å². The predicted octanol–water partition coefficient (Wildman–Crippen LogP) is 3.07. The normalized spacial score (nSPS) is 14.5. The maximum Gasteiger partial charge on any atom is 0.146 e. The predicted molar refractivity (Wildman–Crippen MR) is 73.3 cm³/mol. The fourth-order valence-electron chi connectivity index (χ4n) is 1.66. The zero-order valence-corrected chi connectivity index (χ0v) is 11.6. The van der Waals surface area contributed by atoms with Gasteiger partial charge in [-0.3, -0.25) is 0 Å². The van der Waals surface area contributed by atoms with E-state index in [-0.39, 0.29) is 11.9 Å². The molecule has 0 aromatic heterocycles. The zero-order valence-electron chi connectivity index (χ0n) is 10.8. The molecule has 0 fully saturated rings. The Morgan fingerprint density at radius 2 is 2.06 bits per heavy atom. The molecule has 2 unspecified atom stereocenters. The standard InChI is InChI=1S/C13H20FNOS/c1-9(8-17-4)15(3)13-6-5-11(10(2)16)7-12(13)14/h5-7,9-10,16H,8H2,1-4H3. The molecule has 4 heteroatoms. The summed E-state index contributed by atoms with van der Waals surface area (Å²) in [4.78, 5) is 1.93. The summed E-state index contributed by atoms with van der Waals surface area (Å²) in [6.07, 6.45) is 1.41. The summed E-state index contributed by atoms with van der Waals surface area (Å²) in [7, 11) is 1.89. The van der Waals surface area contributed by atoms with Gasteiger partial charge >= 0.3 is 0 Å². The summed E-state index contributed by atoms with van der Waals surface area (Å²) in [6, 6.07) is 5.18. The third-order valence-electron chi connectivity index (χ3n) is 2.90. The van der Waals surface area contributed by atoms with E-state index in [9.17, 15) is 9.50 Å². The molecular weight excluding hydrogens is 237 g/mol. The maximum atomic E-state index is 13.9. The van der Waals surface area contributed by atoms with Gasteiger partial charge in [0.25, 0.3) is 0 Å². The third kappa shape index (κ3) is 3.61. The second-order valence-electron chi connectivity index (χ2n) is 4.30. The molecule has 0 radical (unpaired) electrons. The van der Waals surface area contributed by atoms with Crippen LogP contribution in [0.25, 0.3) is 0 Å². The van der Waals surface area contributed by atoms with Crippen molar-refractivity contribution < 1.29 is 9.50 Å². The van der Waals surface area contributed by atoms with Gasteiger partial charge in [-0.25, -0.2) is 4.39 Å². The van der Waals surface area contributed by atoms with Crippen molar-refractivity contribution in [3.63, 3.8) is 0 Å². The Morgan fingerprint density at radius 3 is 2.53 bits per heavy atom. The van der Waals surface area contributed by atoms with Crippen LogP contribution in [0.1, 0.15) is 25.5 Å². The molecule has 1 rings (SSSR count). The Bertz CT molecular complexity index is 370. The topological polar surface area (TPSA) is 23.5 Å². The van der Waals surface area contributed by atoms with Crippen LogP contribution in [0, 0.1) is 5.82 Å². The summed E-state index contributed by atoms with van der Waals surface area (Å²) in [6.45, 7) is 3.70. The van der Waals surface area contributed by atoms with E-state index in [1.807, 2.05) is 18.2 Å².